The fraction of sp³-hybridized carbons (Fsp3) is 0.194. The van der Waals surface area contributed by atoms with E-state index in [1.807, 2.05) is 48.5 Å². The second-order valence-electron chi connectivity index (χ2n) is 8.81. The highest BCUT2D eigenvalue weighted by atomic mass is 32.1. The van der Waals surface area contributed by atoms with Crippen LogP contribution in [-0.4, -0.2) is 38.5 Å². The average molecular weight is 557 g/mol. The Morgan fingerprint density at radius 2 is 1.65 bits per heavy atom. The SMILES string of the molecule is CCOC(=O)C1=C(c2ccccc2)N=c2s/c(=C\c3ccc(OC)cc3OC)c(=O)n2[C@@H]1c1ccc(OC)cc1. The molecule has 1 atom stereocenters. The van der Waals surface area contributed by atoms with Gasteiger partial charge in [-0.3, -0.25) is 9.36 Å². The number of thiazole rings is 1. The molecule has 1 aliphatic heterocycles. The Labute approximate surface area is 235 Å². The van der Waals surface area contributed by atoms with Gasteiger partial charge in [0.15, 0.2) is 4.80 Å². The van der Waals surface area contributed by atoms with E-state index in [-0.39, 0.29) is 12.2 Å². The average Bonchev–Trinajstić information content (AvgIpc) is 3.31. The first kappa shape index (κ1) is 27.0. The van der Waals surface area contributed by atoms with Gasteiger partial charge in [0.25, 0.3) is 5.56 Å². The van der Waals surface area contributed by atoms with Crippen molar-refractivity contribution in [3.63, 3.8) is 0 Å². The van der Waals surface area contributed by atoms with E-state index in [0.717, 1.165) is 11.1 Å². The minimum Gasteiger partial charge on any atom is -0.497 e. The van der Waals surface area contributed by atoms with Gasteiger partial charge in [-0.1, -0.05) is 53.8 Å². The Bertz CT molecular complexity index is 1750. The largest absolute Gasteiger partial charge is 0.497 e. The molecule has 0 aliphatic carbocycles. The van der Waals surface area contributed by atoms with Crippen LogP contribution in [0.25, 0.3) is 11.8 Å². The molecule has 0 bridgehead atoms. The zero-order valence-corrected chi connectivity index (χ0v) is 23.4. The molecule has 0 unspecified atom stereocenters. The molecule has 0 fully saturated rings. The van der Waals surface area contributed by atoms with Gasteiger partial charge in [-0.05, 0) is 42.8 Å². The molecule has 9 heteroatoms. The van der Waals surface area contributed by atoms with Crippen molar-refractivity contribution in [1.29, 1.82) is 0 Å². The number of ether oxygens (including phenoxy) is 4. The predicted molar refractivity (Wildman–Crippen MR) is 154 cm³/mol. The number of esters is 1. The molecule has 4 aromatic rings. The first-order valence-corrected chi connectivity index (χ1v) is 13.4. The number of carbonyl (C=O) groups is 1. The van der Waals surface area contributed by atoms with E-state index >= 15 is 0 Å². The molecule has 0 spiro atoms. The molecule has 0 saturated carbocycles. The van der Waals surface area contributed by atoms with Gasteiger partial charge in [0.2, 0.25) is 0 Å². The summed E-state index contributed by atoms with van der Waals surface area (Å²) in [5.41, 5.74) is 2.66. The van der Waals surface area contributed by atoms with Crippen LogP contribution < -0.4 is 29.1 Å². The minimum atomic E-state index is -0.767. The van der Waals surface area contributed by atoms with Crippen LogP contribution in [0.2, 0.25) is 0 Å². The van der Waals surface area contributed by atoms with E-state index in [4.69, 9.17) is 23.9 Å². The number of hydrogen-bond acceptors (Lipinski definition) is 8. The standard InChI is InChI=1S/C31H28N2O6S/c1-5-39-30(35)26-27(19-9-7-6-8-10-19)32-31-33(28(26)20-11-14-22(36-2)15-12-20)29(34)25(40-31)17-21-13-16-23(37-3)18-24(21)38-4/h6-18,28H,5H2,1-4H3/b25-17-/t28-/m1/s1. The quantitative estimate of drug-likeness (QED) is 0.306. The molecule has 2 heterocycles. The van der Waals surface area contributed by atoms with Crippen LogP contribution >= 0.6 is 11.3 Å². The molecule has 1 aliphatic rings. The minimum absolute atomic E-state index is 0.182. The van der Waals surface area contributed by atoms with Crippen LogP contribution in [0.1, 0.15) is 29.7 Å². The molecule has 40 heavy (non-hydrogen) atoms. The fourth-order valence-electron chi connectivity index (χ4n) is 4.62. The smallest absolute Gasteiger partial charge is 0.338 e. The fourth-order valence-corrected chi connectivity index (χ4v) is 5.61. The third kappa shape index (κ3) is 5.03. The molecule has 0 saturated heterocycles. The molecular formula is C31H28N2O6S. The zero-order chi connectivity index (χ0) is 28.2. The van der Waals surface area contributed by atoms with Gasteiger partial charge in [0.05, 0.1) is 49.8 Å². The predicted octanol–water partition coefficient (Wildman–Crippen LogP) is 3.96. The van der Waals surface area contributed by atoms with Gasteiger partial charge >= 0.3 is 5.97 Å². The number of fused-ring (bicyclic) bond motifs is 1. The number of benzene rings is 3. The van der Waals surface area contributed by atoms with Crippen LogP contribution in [0.15, 0.2) is 88.2 Å². The summed E-state index contributed by atoms with van der Waals surface area (Å²) in [5.74, 6) is 1.33. The van der Waals surface area contributed by atoms with Crippen LogP contribution in [0.4, 0.5) is 0 Å². The number of nitrogens with zero attached hydrogens (tertiary/aromatic N) is 2. The van der Waals surface area contributed by atoms with Gasteiger partial charge < -0.3 is 18.9 Å². The Morgan fingerprint density at radius 3 is 2.30 bits per heavy atom. The molecule has 0 N–H and O–H groups in total. The highest BCUT2D eigenvalue weighted by Crippen LogP contribution is 2.35. The highest BCUT2D eigenvalue weighted by molar-refractivity contribution is 7.07. The first-order valence-electron chi connectivity index (χ1n) is 12.6. The van der Waals surface area contributed by atoms with E-state index in [2.05, 4.69) is 0 Å². The Balaban J connectivity index is 1.81. The number of rotatable bonds is 8. The molecule has 204 valence electrons. The molecule has 8 nitrogen and oxygen atoms in total. The number of aromatic nitrogens is 1. The Morgan fingerprint density at radius 1 is 0.950 bits per heavy atom. The van der Waals surface area contributed by atoms with E-state index in [0.29, 0.717) is 43.4 Å². The lowest BCUT2D eigenvalue weighted by Crippen LogP contribution is -2.40. The van der Waals surface area contributed by atoms with Gasteiger partial charge in [0, 0.05) is 17.2 Å². The van der Waals surface area contributed by atoms with Crippen molar-refractivity contribution < 1.29 is 23.7 Å². The topological polar surface area (TPSA) is 88.4 Å². The van der Waals surface area contributed by atoms with Crippen molar-refractivity contribution in [2.24, 2.45) is 4.99 Å². The molecule has 0 radical (unpaired) electrons. The Kier molecular flexibility index (Phi) is 7.84. The van der Waals surface area contributed by atoms with Crippen molar-refractivity contribution in [2.75, 3.05) is 27.9 Å². The zero-order valence-electron chi connectivity index (χ0n) is 22.5. The second kappa shape index (κ2) is 11.6. The highest BCUT2D eigenvalue weighted by Gasteiger charge is 2.35. The molecule has 5 rings (SSSR count). The van der Waals surface area contributed by atoms with Gasteiger partial charge in [-0.15, -0.1) is 0 Å². The van der Waals surface area contributed by atoms with Gasteiger partial charge in [-0.25, -0.2) is 9.79 Å². The second-order valence-corrected chi connectivity index (χ2v) is 9.82. The monoisotopic (exact) mass is 556 g/mol. The van der Waals surface area contributed by atoms with E-state index in [9.17, 15) is 9.59 Å². The maximum Gasteiger partial charge on any atom is 0.338 e. The third-order valence-electron chi connectivity index (χ3n) is 6.53. The lowest BCUT2D eigenvalue weighted by molar-refractivity contribution is -0.138. The maximum absolute atomic E-state index is 14.0. The summed E-state index contributed by atoms with van der Waals surface area (Å²) in [6.45, 7) is 1.93. The van der Waals surface area contributed by atoms with Gasteiger partial charge in [-0.2, -0.15) is 0 Å². The summed E-state index contributed by atoms with van der Waals surface area (Å²) in [6.07, 6.45) is 1.77. The van der Waals surface area contributed by atoms with E-state index in [1.165, 1.54) is 11.3 Å². The molecule has 1 aromatic heterocycles. The van der Waals surface area contributed by atoms with Crippen LogP contribution in [0.3, 0.4) is 0 Å². The maximum atomic E-state index is 14.0. The van der Waals surface area contributed by atoms with Gasteiger partial charge in [0.1, 0.15) is 17.2 Å². The molecule has 3 aromatic carbocycles. The van der Waals surface area contributed by atoms with Crippen molar-refractivity contribution in [3.05, 3.63) is 115 Å². The van der Waals surface area contributed by atoms with Crippen LogP contribution in [0.5, 0.6) is 17.2 Å². The summed E-state index contributed by atoms with van der Waals surface area (Å²) >= 11 is 1.25. The summed E-state index contributed by atoms with van der Waals surface area (Å²) in [4.78, 5) is 32.9. The summed E-state index contributed by atoms with van der Waals surface area (Å²) in [7, 11) is 4.73. The third-order valence-corrected chi connectivity index (χ3v) is 7.52. The number of carbonyl (C=O) groups excluding carboxylic acids is 1. The van der Waals surface area contributed by atoms with Crippen molar-refractivity contribution in [2.45, 2.75) is 13.0 Å². The van der Waals surface area contributed by atoms with Crippen molar-refractivity contribution in [1.82, 2.24) is 4.57 Å². The van der Waals surface area contributed by atoms with E-state index < -0.39 is 12.0 Å². The van der Waals surface area contributed by atoms with E-state index in [1.54, 1.807) is 63.2 Å². The summed E-state index contributed by atoms with van der Waals surface area (Å²) in [6, 6.07) is 21.4. The summed E-state index contributed by atoms with van der Waals surface area (Å²) in [5, 5.41) is 0. The van der Waals surface area contributed by atoms with Crippen molar-refractivity contribution >= 4 is 29.1 Å². The van der Waals surface area contributed by atoms with Crippen LogP contribution in [0, 0.1) is 0 Å². The normalized spacial score (nSPS) is 14.8. The first-order chi connectivity index (χ1) is 19.5. The molecular weight excluding hydrogens is 528 g/mol. The molecule has 0 amide bonds. The Hall–Kier alpha value is -4.63. The lowest BCUT2D eigenvalue weighted by atomic mass is 9.93. The number of methoxy groups -OCH3 is 3. The van der Waals surface area contributed by atoms with Crippen LogP contribution in [-0.2, 0) is 9.53 Å². The van der Waals surface area contributed by atoms with Crippen molar-refractivity contribution in [3.8, 4) is 17.2 Å². The summed E-state index contributed by atoms with van der Waals surface area (Å²) < 4.78 is 23.7. The number of hydrogen-bond donors (Lipinski definition) is 0. The lowest BCUT2D eigenvalue weighted by Gasteiger charge is -2.26.